The molecule has 0 aliphatic heterocycles. The van der Waals surface area contributed by atoms with Crippen LogP contribution in [0.15, 0.2) is 23.6 Å². The van der Waals surface area contributed by atoms with E-state index in [1.807, 2.05) is 0 Å². The molecule has 0 aliphatic rings. The molecular weight excluding hydrogens is 256 g/mol. The minimum atomic E-state index is -0.627. The first kappa shape index (κ1) is 13.9. The molecule has 0 saturated carbocycles. The lowest BCUT2D eigenvalue weighted by molar-refractivity contribution is -0.142. The van der Waals surface area contributed by atoms with Crippen molar-refractivity contribution in [2.24, 2.45) is 5.73 Å². The van der Waals surface area contributed by atoms with E-state index in [1.54, 1.807) is 12.3 Å². The number of nitrogens with two attached hydrogens (primary N) is 1. The molecule has 18 heavy (non-hydrogen) atoms. The predicted octanol–water partition coefficient (Wildman–Crippen LogP) is 0.905. The zero-order valence-corrected chi connectivity index (χ0v) is 10.5. The summed E-state index contributed by atoms with van der Waals surface area (Å²) in [5.41, 5.74) is 5.35. The molecule has 96 valence electrons. The van der Waals surface area contributed by atoms with Crippen molar-refractivity contribution in [3.8, 4) is 0 Å². The van der Waals surface area contributed by atoms with Crippen LogP contribution in [0.25, 0.3) is 0 Å². The lowest BCUT2D eigenvalue weighted by Gasteiger charge is -2.04. The molecule has 0 aromatic carbocycles. The second-order valence-electron chi connectivity index (χ2n) is 3.18. The van der Waals surface area contributed by atoms with Crippen LogP contribution in [0.4, 0.5) is 5.00 Å². The number of nitrogens with one attached hydrogen (secondary N) is 1. The van der Waals surface area contributed by atoms with Crippen LogP contribution < -0.4 is 11.1 Å². The van der Waals surface area contributed by atoms with Crippen LogP contribution in [0.2, 0.25) is 0 Å². The van der Waals surface area contributed by atoms with Crippen molar-refractivity contribution in [2.75, 3.05) is 11.9 Å². The summed E-state index contributed by atoms with van der Waals surface area (Å²) in [4.78, 5) is 33.4. The number of ether oxygens (including phenoxy) is 1. The minimum absolute atomic E-state index is 0.230. The van der Waals surface area contributed by atoms with Crippen LogP contribution in [-0.4, -0.2) is 24.4 Å². The monoisotopic (exact) mass is 268 g/mol. The SMILES string of the molecule is CC=CC(=O)OCC(=O)Nc1sccc1C(N)=O. The van der Waals surface area contributed by atoms with Crippen LogP contribution in [0.5, 0.6) is 0 Å². The molecule has 0 bridgehead atoms. The van der Waals surface area contributed by atoms with Crippen LogP contribution in [0.3, 0.4) is 0 Å². The Labute approximate surface area is 107 Å². The van der Waals surface area contributed by atoms with Crippen LogP contribution >= 0.6 is 11.3 Å². The number of carbonyl (C=O) groups excluding carboxylic acids is 3. The molecule has 6 nitrogen and oxygen atoms in total. The molecule has 2 amide bonds. The zero-order valence-electron chi connectivity index (χ0n) is 9.64. The summed E-state index contributed by atoms with van der Waals surface area (Å²) in [5, 5.41) is 4.42. The number of hydrogen-bond acceptors (Lipinski definition) is 5. The molecule has 3 N–H and O–H groups in total. The van der Waals surface area contributed by atoms with Crippen molar-refractivity contribution < 1.29 is 19.1 Å². The highest BCUT2D eigenvalue weighted by Gasteiger charge is 2.13. The van der Waals surface area contributed by atoms with Crippen molar-refractivity contribution >= 4 is 34.1 Å². The van der Waals surface area contributed by atoms with Gasteiger partial charge < -0.3 is 15.8 Å². The average molecular weight is 268 g/mol. The molecule has 0 saturated heterocycles. The standard InChI is InChI=1S/C11H12N2O4S/c1-2-3-9(15)17-6-8(14)13-11-7(10(12)16)4-5-18-11/h2-5H,6H2,1H3,(H2,12,16)(H,13,14). The molecule has 1 rings (SSSR count). The first-order valence-electron chi connectivity index (χ1n) is 5.01. The van der Waals surface area contributed by atoms with E-state index in [4.69, 9.17) is 5.73 Å². The smallest absolute Gasteiger partial charge is 0.330 e. The molecule has 0 aliphatic carbocycles. The van der Waals surface area contributed by atoms with E-state index in [9.17, 15) is 14.4 Å². The van der Waals surface area contributed by atoms with Gasteiger partial charge in [-0.1, -0.05) is 6.08 Å². The summed E-state index contributed by atoms with van der Waals surface area (Å²) in [7, 11) is 0. The minimum Gasteiger partial charge on any atom is -0.452 e. The topological polar surface area (TPSA) is 98.5 Å². The number of esters is 1. The van der Waals surface area contributed by atoms with E-state index < -0.39 is 24.4 Å². The molecule has 0 atom stereocenters. The molecule has 1 aromatic rings. The number of rotatable bonds is 5. The lowest BCUT2D eigenvalue weighted by Crippen LogP contribution is -2.21. The van der Waals surface area contributed by atoms with Gasteiger partial charge in [-0.05, 0) is 18.4 Å². The van der Waals surface area contributed by atoms with Crippen LogP contribution in [-0.2, 0) is 14.3 Å². The van der Waals surface area contributed by atoms with Gasteiger partial charge in [0.1, 0.15) is 5.00 Å². The van der Waals surface area contributed by atoms with Gasteiger partial charge in [-0.2, -0.15) is 0 Å². The van der Waals surface area contributed by atoms with Gasteiger partial charge in [0.05, 0.1) is 5.56 Å². The Balaban J connectivity index is 2.52. The summed E-state index contributed by atoms with van der Waals surface area (Å²) in [6.07, 6.45) is 2.71. The third-order valence-electron chi connectivity index (χ3n) is 1.83. The predicted molar refractivity (Wildman–Crippen MR) is 67.2 cm³/mol. The number of hydrogen-bond donors (Lipinski definition) is 2. The highest BCUT2D eigenvalue weighted by Crippen LogP contribution is 2.22. The first-order chi connectivity index (χ1) is 8.54. The van der Waals surface area contributed by atoms with Crippen molar-refractivity contribution in [1.82, 2.24) is 0 Å². The Hall–Kier alpha value is -2.15. The number of allylic oxidation sites excluding steroid dienone is 1. The number of amides is 2. The Morgan fingerprint density at radius 2 is 2.22 bits per heavy atom. The molecule has 0 fully saturated rings. The third kappa shape index (κ3) is 4.02. The average Bonchev–Trinajstić information content (AvgIpc) is 2.75. The summed E-state index contributed by atoms with van der Waals surface area (Å²) in [6, 6.07) is 1.51. The fourth-order valence-electron chi connectivity index (χ4n) is 1.08. The van der Waals surface area contributed by atoms with E-state index in [1.165, 1.54) is 18.2 Å². The fraction of sp³-hybridized carbons (Fsp3) is 0.182. The van der Waals surface area contributed by atoms with E-state index in [0.29, 0.717) is 5.00 Å². The van der Waals surface area contributed by atoms with Gasteiger partial charge in [0.25, 0.3) is 11.8 Å². The van der Waals surface area contributed by atoms with Gasteiger partial charge >= 0.3 is 5.97 Å². The largest absolute Gasteiger partial charge is 0.452 e. The maximum absolute atomic E-state index is 11.4. The van der Waals surface area contributed by atoms with E-state index in [-0.39, 0.29) is 5.56 Å². The molecule has 7 heteroatoms. The quantitative estimate of drug-likeness (QED) is 0.612. The fourth-order valence-corrected chi connectivity index (χ4v) is 1.89. The number of thiophene rings is 1. The van der Waals surface area contributed by atoms with Crippen LogP contribution in [0.1, 0.15) is 17.3 Å². The molecule has 0 radical (unpaired) electrons. The molecule has 1 heterocycles. The summed E-state index contributed by atoms with van der Waals surface area (Å²) >= 11 is 1.16. The maximum Gasteiger partial charge on any atom is 0.330 e. The first-order valence-corrected chi connectivity index (χ1v) is 5.89. The second kappa shape index (κ2) is 6.55. The van der Waals surface area contributed by atoms with Crippen molar-refractivity contribution in [3.05, 3.63) is 29.2 Å². The van der Waals surface area contributed by atoms with Crippen molar-refractivity contribution in [1.29, 1.82) is 0 Å². The zero-order chi connectivity index (χ0) is 13.5. The van der Waals surface area contributed by atoms with Gasteiger partial charge in [0, 0.05) is 6.08 Å². The van der Waals surface area contributed by atoms with Gasteiger partial charge in [0.15, 0.2) is 6.61 Å². The Morgan fingerprint density at radius 1 is 1.50 bits per heavy atom. The number of carbonyl (C=O) groups is 3. The van der Waals surface area contributed by atoms with Gasteiger partial charge in [-0.25, -0.2) is 4.79 Å². The molecule has 0 unspecified atom stereocenters. The highest BCUT2D eigenvalue weighted by atomic mass is 32.1. The number of anilines is 1. The molecule has 1 aromatic heterocycles. The normalized spacial score (nSPS) is 10.3. The van der Waals surface area contributed by atoms with Gasteiger partial charge in [-0.15, -0.1) is 11.3 Å². The van der Waals surface area contributed by atoms with Crippen LogP contribution in [0, 0.1) is 0 Å². The van der Waals surface area contributed by atoms with Gasteiger partial charge in [-0.3, -0.25) is 9.59 Å². The second-order valence-corrected chi connectivity index (χ2v) is 4.10. The Bertz CT molecular complexity index is 493. The third-order valence-corrected chi connectivity index (χ3v) is 2.66. The summed E-state index contributed by atoms with van der Waals surface area (Å²) in [6.45, 7) is 1.24. The maximum atomic E-state index is 11.4. The van der Waals surface area contributed by atoms with Crippen molar-refractivity contribution in [2.45, 2.75) is 6.92 Å². The lowest BCUT2D eigenvalue weighted by atomic mass is 10.3. The van der Waals surface area contributed by atoms with E-state index in [2.05, 4.69) is 10.1 Å². The van der Waals surface area contributed by atoms with Gasteiger partial charge in [0.2, 0.25) is 0 Å². The Kier molecular flexibility index (Phi) is 5.06. The molecule has 0 spiro atoms. The Morgan fingerprint density at radius 3 is 2.83 bits per heavy atom. The highest BCUT2D eigenvalue weighted by molar-refractivity contribution is 7.14. The number of primary amides is 1. The molecular formula is C11H12N2O4S. The van der Waals surface area contributed by atoms with E-state index in [0.717, 1.165) is 11.3 Å². The van der Waals surface area contributed by atoms with Crippen molar-refractivity contribution in [3.63, 3.8) is 0 Å². The summed E-state index contributed by atoms with van der Waals surface area (Å²) < 4.78 is 4.64. The summed E-state index contributed by atoms with van der Waals surface area (Å²) in [5.74, 6) is -1.76. The van der Waals surface area contributed by atoms with E-state index >= 15 is 0 Å².